The van der Waals surface area contributed by atoms with Crippen molar-refractivity contribution >= 4 is 15.9 Å². The van der Waals surface area contributed by atoms with Crippen LogP contribution < -0.4 is 11.3 Å². The zero-order chi connectivity index (χ0) is 10.6. The van der Waals surface area contributed by atoms with Crippen molar-refractivity contribution in [1.29, 1.82) is 0 Å². The number of hydrazine groups is 1. The maximum atomic E-state index is 5.48. The third-order valence-electron chi connectivity index (χ3n) is 2.07. The van der Waals surface area contributed by atoms with Gasteiger partial charge in [0.2, 0.25) is 0 Å². The minimum atomic E-state index is 0.142. The lowest BCUT2D eigenvalue weighted by atomic mass is 10.0. The van der Waals surface area contributed by atoms with Crippen LogP contribution in [0.1, 0.15) is 23.6 Å². The summed E-state index contributed by atoms with van der Waals surface area (Å²) >= 11 is 3.47. The molecule has 0 radical (unpaired) electrons. The minimum Gasteiger partial charge on any atom is -0.271 e. The topological polar surface area (TPSA) is 38.0 Å². The summed E-state index contributed by atoms with van der Waals surface area (Å²) in [5, 5.41) is 0. The van der Waals surface area contributed by atoms with Gasteiger partial charge in [-0.15, -0.1) is 6.58 Å². The van der Waals surface area contributed by atoms with Crippen LogP contribution in [0.15, 0.2) is 35.3 Å². The number of hydrogen-bond acceptors (Lipinski definition) is 2. The third kappa shape index (κ3) is 2.94. The monoisotopic (exact) mass is 254 g/mol. The largest absolute Gasteiger partial charge is 0.271 e. The molecule has 76 valence electrons. The molecule has 1 rings (SSSR count). The second-order valence-electron chi connectivity index (χ2n) is 3.31. The normalized spacial score (nSPS) is 12.5. The molecule has 1 aromatic rings. The van der Waals surface area contributed by atoms with Crippen molar-refractivity contribution in [3.63, 3.8) is 0 Å². The van der Waals surface area contributed by atoms with Gasteiger partial charge >= 0.3 is 0 Å². The number of hydrogen-bond donors (Lipinski definition) is 2. The summed E-state index contributed by atoms with van der Waals surface area (Å²) in [6.07, 6.45) is 2.69. The van der Waals surface area contributed by atoms with E-state index in [1.807, 2.05) is 6.08 Å². The van der Waals surface area contributed by atoms with Gasteiger partial charge in [-0.3, -0.25) is 11.3 Å². The molecule has 3 N–H and O–H groups in total. The second-order valence-corrected chi connectivity index (χ2v) is 4.22. The molecule has 2 nitrogen and oxygen atoms in total. The molecule has 0 aliphatic rings. The Morgan fingerprint density at radius 1 is 1.57 bits per heavy atom. The van der Waals surface area contributed by atoms with E-state index in [0.717, 1.165) is 10.9 Å². The van der Waals surface area contributed by atoms with Gasteiger partial charge in [0.25, 0.3) is 0 Å². The molecule has 0 bridgehead atoms. The van der Waals surface area contributed by atoms with Gasteiger partial charge in [0.05, 0.1) is 0 Å². The van der Waals surface area contributed by atoms with Gasteiger partial charge in [-0.2, -0.15) is 0 Å². The van der Waals surface area contributed by atoms with Gasteiger partial charge < -0.3 is 0 Å². The Kier molecular flexibility index (Phi) is 4.32. The first-order valence-electron chi connectivity index (χ1n) is 4.51. The van der Waals surface area contributed by atoms with Crippen molar-refractivity contribution in [2.24, 2.45) is 5.84 Å². The Labute approximate surface area is 93.3 Å². The summed E-state index contributed by atoms with van der Waals surface area (Å²) in [4.78, 5) is 0. The van der Waals surface area contributed by atoms with E-state index in [-0.39, 0.29) is 6.04 Å². The molecule has 0 amide bonds. The van der Waals surface area contributed by atoms with Gasteiger partial charge in [0.1, 0.15) is 0 Å². The maximum absolute atomic E-state index is 5.48. The summed E-state index contributed by atoms with van der Waals surface area (Å²) < 4.78 is 1.08. The van der Waals surface area contributed by atoms with Crippen molar-refractivity contribution in [3.8, 4) is 0 Å². The van der Waals surface area contributed by atoms with E-state index in [1.165, 1.54) is 11.1 Å². The Morgan fingerprint density at radius 3 is 2.79 bits per heavy atom. The first-order valence-corrected chi connectivity index (χ1v) is 5.30. The molecule has 0 saturated heterocycles. The molecule has 1 unspecified atom stereocenters. The van der Waals surface area contributed by atoms with Crippen LogP contribution in [-0.4, -0.2) is 0 Å². The van der Waals surface area contributed by atoms with Crippen LogP contribution in [0.3, 0.4) is 0 Å². The summed E-state index contributed by atoms with van der Waals surface area (Å²) in [7, 11) is 0. The highest BCUT2D eigenvalue weighted by Gasteiger charge is 2.08. The number of nitrogens with two attached hydrogens (primary N) is 1. The Balaban J connectivity index is 2.96. The van der Waals surface area contributed by atoms with Crippen LogP contribution in [0.2, 0.25) is 0 Å². The highest BCUT2D eigenvalue weighted by atomic mass is 79.9. The Bertz CT molecular complexity index is 303. The predicted octanol–water partition coefficient (Wildman–Crippen LogP) is 2.84. The van der Waals surface area contributed by atoms with Crippen molar-refractivity contribution in [2.75, 3.05) is 0 Å². The zero-order valence-electron chi connectivity index (χ0n) is 8.26. The van der Waals surface area contributed by atoms with Crippen LogP contribution in [0.5, 0.6) is 0 Å². The standard InChI is InChI=1S/C11H15BrN2/c1-3-4-11(14-13)9-5-8(2)6-10(12)7-9/h3,5-7,11,14H,1,4,13H2,2H3. The van der Waals surface area contributed by atoms with Gasteiger partial charge in [-0.05, 0) is 36.6 Å². The van der Waals surface area contributed by atoms with Crippen LogP contribution in [0.25, 0.3) is 0 Å². The molecule has 1 aromatic carbocycles. The molecular weight excluding hydrogens is 240 g/mol. The fourth-order valence-corrected chi connectivity index (χ4v) is 2.06. The smallest absolute Gasteiger partial charge is 0.0494 e. The lowest BCUT2D eigenvalue weighted by molar-refractivity contribution is 0.561. The average Bonchev–Trinajstić information content (AvgIpc) is 2.12. The molecule has 0 spiro atoms. The molecular formula is C11H15BrN2. The molecule has 14 heavy (non-hydrogen) atoms. The van der Waals surface area contributed by atoms with E-state index in [4.69, 9.17) is 5.84 Å². The summed E-state index contributed by atoms with van der Waals surface area (Å²) in [5.41, 5.74) is 5.18. The van der Waals surface area contributed by atoms with Crippen molar-refractivity contribution in [1.82, 2.24) is 5.43 Å². The van der Waals surface area contributed by atoms with Crippen LogP contribution in [0.4, 0.5) is 0 Å². The number of nitrogens with one attached hydrogen (secondary N) is 1. The molecule has 1 atom stereocenters. The van der Waals surface area contributed by atoms with Crippen LogP contribution >= 0.6 is 15.9 Å². The average molecular weight is 255 g/mol. The maximum Gasteiger partial charge on any atom is 0.0494 e. The fourth-order valence-electron chi connectivity index (χ4n) is 1.43. The molecule has 0 aliphatic carbocycles. The van der Waals surface area contributed by atoms with Crippen LogP contribution in [0, 0.1) is 6.92 Å². The molecule has 0 saturated carbocycles. The SMILES string of the molecule is C=CCC(NN)c1cc(C)cc(Br)c1. The zero-order valence-corrected chi connectivity index (χ0v) is 9.84. The quantitative estimate of drug-likeness (QED) is 0.493. The summed E-state index contributed by atoms with van der Waals surface area (Å²) in [5.74, 6) is 5.48. The highest BCUT2D eigenvalue weighted by molar-refractivity contribution is 9.10. The van der Waals surface area contributed by atoms with E-state index in [0.29, 0.717) is 0 Å². The first-order chi connectivity index (χ1) is 6.67. The number of aryl methyl sites for hydroxylation is 1. The molecule has 0 fully saturated rings. The lowest BCUT2D eigenvalue weighted by Gasteiger charge is -2.15. The van der Waals surface area contributed by atoms with E-state index in [9.17, 15) is 0 Å². The number of benzene rings is 1. The number of halogens is 1. The van der Waals surface area contributed by atoms with Crippen molar-refractivity contribution in [3.05, 3.63) is 46.5 Å². The molecule has 0 heterocycles. The van der Waals surface area contributed by atoms with E-state index >= 15 is 0 Å². The molecule has 0 aromatic heterocycles. The van der Waals surface area contributed by atoms with Gasteiger partial charge in [0.15, 0.2) is 0 Å². The fraction of sp³-hybridized carbons (Fsp3) is 0.273. The third-order valence-corrected chi connectivity index (χ3v) is 2.53. The predicted molar refractivity (Wildman–Crippen MR) is 63.8 cm³/mol. The number of rotatable bonds is 4. The minimum absolute atomic E-state index is 0.142. The van der Waals surface area contributed by atoms with Gasteiger partial charge in [-0.25, -0.2) is 0 Å². The summed E-state index contributed by atoms with van der Waals surface area (Å²) in [6, 6.07) is 6.41. The Hall–Kier alpha value is -0.640. The highest BCUT2D eigenvalue weighted by Crippen LogP contribution is 2.22. The van der Waals surface area contributed by atoms with Crippen molar-refractivity contribution in [2.45, 2.75) is 19.4 Å². The molecule has 3 heteroatoms. The van der Waals surface area contributed by atoms with E-state index < -0.39 is 0 Å². The van der Waals surface area contributed by atoms with Crippen molar-refractivity contribution < 1.29 is 0 Å². The van der Waals surface area contributed by atoms with Crippen LogP contribution in [-0.2, 0) is 0 Å². The first kappa shape index (κ1) is 11.4. The second kappa shape index (κ2) is 5.29. The van der Waals surface area contributed by atoms with E-state index in [2.05, 4.69) is 53.1 Å². The summed E-state index contributed by atoms with van der Waals surface area (Å²) in [6.45, 7) is 5.78. The van der Waals surface area contributed by atoms with E-state index in [1.54, 1.807) is 0 Å². The van der Waals surface area contributed by atoms with Gasteiger partial charge in [-0.1, -0.05) is 28.1 Å². The molecule has 0 aliphatic heterocycles. The lowest BCUT2D eigenvalue weighted by Crippen LogP contribution is -2.27. The Morgan fingerprint density at radius 2 is 2.29 bits per heavy atom. The van der Waals surface area contributed by atoms with Gasteiger partial charge in [0, 0.05) is 10.5 Å².